The van der Waals surface area contributed by atoms with Gasteiger partial charge in [-0.1, -0.05) is 47.5 Å². The van der Waals surface area contributed by atoms with Crippen molar-refractivity contribution in [2.75, 3.05) is 6.54 Å². The molecule has 162 valence electrons. The van der Waals surface area contributed by atoms with E-state index in [1.807, 2.05) is 0 Å². The largest absolute Gasteiger partial charge is 0.351 e. The summed E-state index contributed by atoms with van der Waals surface area (Å²) in [5, 5.41) is 3.59. The molecule has 0 bridgehead atoms. The van der Waals surface area contributed by atoms with Crippen LogP contribution in [0.15, 0.2) is 77.7 Å². The quantitative estimate of drug-likeness (QED) is 0.510. The molecule has 0 spiro atoms. The van der Waals surface area contributed by atoms with Gasteiger partial charge >= 0.3 is 0 Å². The molecule has 5 nitrogen and oxygen atoms in total. The van der Waals surface area contributed by atoms with Crippen molar-refractivity contribution >= 4 is 39.1 Å². The zero-order valence-corrected chi connectivity index (χ0v) is 18.6. The van der Waals surface area contributed by atoms with Gasteiger partial charge in [0.25, 0.3) is 0 Å². The molecular weight excluding hydrogens is 462 g/mol. The highest BCUT2D eigenvalue weighted by Gasteiger charge is 2.27. The summed E-state index contributed by atoms with van der Waals surface area (Å²) < 4.78 is 40.5. The molecule has 0 saturated heterocycles. The molecule has 1 amide bonds. The van der Waals surface area contributed by atoms with E-state index in [1.54, 1.807) is 36.4 Å². The Bertz CT molecular complexity index is 1140. The lowest BCUT2D eigenvalue weighted by atomic mass is 10.2. The van der Waals surface area contributed by atoms with Crippen LogP contribution in [0, 0.1) is 5.82 Å². The van der Waals surface area contributed by atoms with Gasteiger partial charge in [-0.3, -0.25) is 4.79 Å². The lowest BCUT2D eigenvalue weighted by Gasteiger charge is -2.22. The molecule has 9 heteroatoms. The maximum atomic E-state index is 13.2. The molecule has 0 aliphatic rings. The number of hydrogen-bond acceptors (Lipinski definition) is 3. The first-order chi connectivity index (χ1) is 14.7. The molecule has 0 atom stereocenters. The Morgan fingerprint density at radius 2 is 1.35 bits per heavy atom. The third kappa shape index (κ3) is 6.51. The van der Waals surface area contributed by atoms with Crippen LogP contribution in [0.1, 0.15) is 11.1 Å². The van der Waals surface area contributed by atoms with Gasteiger partial charge in [0.15, 0.2) is 0 Å². The van der Waals surface area contributed by atoms with E-state index in [2.05, 4.69) is 5.32 Å². The summed E-state index contributed by atoms with van der Waals surface area (Å²) in [6.07, 6.45) is 0. The summed E-state index contributed by atoms with van der Waals surface area (Å²) in [5.74, 6) is -0.867. The van der Waals surface area contributed by atoms with Crippen LogP contribution >= 0.6 is 23.2 Å². The van der Waals surface area contributed by atoms with Crippen LogP contribution in [0.4, 0.5) is 4.39 Å². The fraction of sp³-hybridized carbons (Fsp3) is 0.136. The van der Waals surface area contributed by atoms with Crippen molar-refractivity contribution in [3.05, 3.63) is 99.8 Å². The summed E-state index contributed by atoms with van der Waals surface area (Å²) in [5.41, 5.74) is 1.37. The number of halogens is 3. The minimum atomic E-state index is -3.98. The van der Waals surface area contributed by atoms with E-state index in [1.165, 1.54) is 36.4 Å². The predicted octanol–water partition coefficient (Wildman–Crippen LogP) is 4.64. The average molecular weight is 481 g/mol. The molecule has 0 aliphatic heterocycles. The number of nitrogens with zero attached hydrogens (tertiary/aromatic N) is 1. The van der Waals surface area contributed by atoms with Gasteiger partial charge in [0.05, 0.1) is 11.4 Å². The minimum Gasteiger partial charge on any atom is -0.351 e. The highest BCUT2D eigenvalue weighted by atomic mass is 35.5. The predicted molar refractivity (Wildman–Crippen MR) is 119 cm³/mol. The monoisotopic (exact) mass is 480 g/mol. The maximum absolute atomic E-state index is 13.2. The van der Waals surface area contributed by atoms with Gasteiger partial charge < -0.3 is 5.32 Å². The van der Waals surface area contributed by atoms with Crippen molar-refractivity contribution in [3.8, 4) is 0 Å². The van der Waals surface area contributed by atoms with E-state index in [9.17, 15) is 17.6 Å². The van der Waals surface area contributed by atoms with Gasteiger partial charge in [-0.25, -0.2) is 12.8 Å². The third-order valence-electron chi connectivity index (χ3n) is 4.45. The number of benzene rings is 3. The van der Waals surface area contributed by atoms with E-state index in [4.69, 9.17) is 23.2 Å². The van der Waals surface area contributed by atoms with Crippen molar-refractivity contribution in [2.45, 2.75) is 18.0 Å². The Morgan fingerprint density at radius 1 is 0.839 bits per heavy atom. The molecule has 1 N–H and O–H groups in total. The van der Waals surface area contributed by atoms with E-state index in [0.717, 1.165) is 4.31 Å². The van der Waals surface area contributed by atoms with Gasteiger partial charge in [-0.05, 0) is 59.7 Å². The Labute approximate surface area is 190 Å². The Morgan fingerprint density at radius 3 is 1.94 bits per heavy atom. The first-order valence-corrected chi connectivity index (χ1v) is 11.4. The smallest absolute Gasteiger partial charge is 0.243 e. The molecule has 0 aromatic heterocycles. The van der Waals surface area contributed by atoms with Crippen molar-refractivity contribution in [1.29, 1.82) is 0 Å². The number of carbonyl (C=O) groups excluding carboxylic acids is 1. The molecule has 0 fully saturated rings. The zero-order chi connectivity index (χ0) is 22.4. The molecule has 0 aliphatic carbocycles. The van der Waals surface area contributed by atoms with E-state index in [-0.39, 0.29) is 23.8 Å². The van der Waals surface area contributed by atoms with Crippen LogP contribution in [-0.2, 0) is 27.9 Å². The third-order valence-corrected chi connectivity index (χ3v) is 6.76. The summed E-state index contributed by atoms with van der Waals surface area (Å²) in [7, 11) is -3.98. The van der Waals surface area contributed by atoms with Gasteiger partial charge in [-0.2, -0.15) is 4.31 Å². The second-order valence-electron chi connectivity index (χ2n) is 6.76. The molecule has 0 heterocycles. The van der Waals surface area contributed by atoms with Gasteiger partial charge in [0, 0.05) is 23.1 Å². The van der Waals surface area contributed by atoms with Crippen molar-refractivity contribution in [2.24, 2.45) is 0 Å². The van der Waals surface area contributed by atoms with Crippen LogP contribution < -0.4 is 5.32 Å². The molecule has 0 radical (unpaired) electrons. The zero-order valence-electron chi connectivity index (χ0n) is 16.3. The number of rotatable bonds is 8. The van der Waals surface area contributed by atoms with E-state index < -0.39 is 22.5 Å². The summed E-state index contributed by atoms with van der Waals surface area (Å²) in [6, 6.07) is 18.1. The van der Waals surface area contributed by atoms with E-state index in [0.29, 0.717) is 21.2 Å². The normalized spacial score (nSPS) is 11.5. The topological polar surface area (TPSA) is 66.5 Å². The Kier molecular flexibility index (Phi) is 7.67. The summed E-state index contributed by atoms with van der Waals surface area (Å²) >= 11 is 11.8. The number of carbonyl (C=O) groups is 1. The number of nitrogens with one attached hydrogen (secondary N) is 1. The lowest BCUT2D eigenvalue weighted by molar-refractivity contribution is -0.121. The van der Waals surface area contributed by atoms with Crippen LogP contribution in [0.2, 0.25) is 10.0 Å². The highest BCUT2D eigenvalue weighted by molar-refractivity contribution is 7.89. The van der Waals surface area contributed by atoms with Crippen molar-refractivity contribution < 1.29 is 17.6 Å². The van der Waals surface area contributed by atoms with Crippen molar-refractivity contribution in [3.63, 3.8) is 0 Å². The first kappa shape index (κ1) is 23.2. The standard InChI is InChI=1S/C22H19Cl2FN2O3S/c23-18-5-1-17(2-6-18)14-27(31(29,30)21-11-7-19(24)8-12-21)15-22(28)26-13-16-3-9-20(25)10-4-16/h1-12H,13-15H2,(H,26,28). The van der Waals surface area contributed by atoms with Crippen LogP contribution in [0.5, 0.6) is 0 Å². The molecule has 3 aromatic carbocycles. The molecule has 0 saturated carbocycles. The fourth-order valence-electron chi connectivity index (χ4n) is 2.79. The number of hydrogen-bond donors (Lipinski definition) is 1. The maximum Gasteiger partial charge on any atom is 0.243 e. The van der Waals surface area contributed by atoms with Gasteiger partial charge in [0.2, 0.25) is 15.9 Å². The lowest BCUT2D eigenvalue weighted by Crippen LogP contribution is -2.40. The first-order valence-electron chi connectivity index (χ1n) is 9.25. The SMILES string of the molecule is O=C(CN(Cc1ccc(Cl)cc1)S(=O)(=O)c1ccc(Cl)cc1)NCc1ccc(F)cc1. The molecular formula is C22H19Cl2FN2O3S. The van der Waals surface area contributed by atoms with Crippen LogP contribution in [-0.4, -0.2) is 25.2 Å². The molecule has 3 rings (SSSR count). The highest BCUT2D eigenvalue weighted by Crippen LogP contribution is 2.21. The average Bonchev–Trinajstić information content (AvgIpc) is 2.74. The fourth-order valence-corrected chi connectivity index (χ4v) is 4.43. The second kappa shape index (κ2) is 10.2. The Balaban J connectivity index is 1.79. The molecule has 3 aromatic rings. The van der Waals surface area contributed by atoms with Crippen LogP contribution in [0.25, 0.3) is 0 Å². The van der Waals surface area contributed by atoms with Gasteiger partial charge in [-0.15, -0.1) is 0 Å². The minimum absolute atomic E-state index is 0.0217. The Hall–Kier alpha value is -2.45. The molecule has 31 heavy (non-hydrogen) atoms. The number of amides is 1. The van der Waals surface area contributed by atoms with Crippen LogP contribution in [0.3, 0.4) is 0 Å². The van der Waals surface area contributed by atoms with Gasteiger partial charge in [0.1, 0.15) is 5.82 Å². The second-order valence-corrected chi connectivity index (χ2v) is 9.57. The summed E-state index contributed by atoms with van der Waals surface area (Å²) in [6.45, 7) is -0.268. The molecule has 0 unspecified atom stereocenters. The van der Waals surface area contributed by atoms with Crippen molar-refractivity contribution in [1.82, 2.24) is 9.62 Å². The number of sulfonamides is 1. The summed E-state index contributed by atoms with van der Waals surface area (Å²) in [4.78, 5) is 12.6. The van der Waals surface area contributed by atoms with E-state index >= 15 is 0 Å².